The molecular weight excluding hydrogens is 264 g/mol. The second-order valence-corrected chi connectivity index (χ2v) is 4.59. The number of alkyl halides is 1. The molecule has 0 fully saturated rings. The fourth-order valence-corrected chi connectivity index (χ4v) is 2.19. The van der Waals surface area contributed by atoms with Crippen molar-refractivity contribution in [2.75, 3.05) is 0 Å². The van der Waals surface area contributed by atoms with Crippen LogP contribution in [0.2, 0.25) is 0 Å². The van der Waals surface area contributed by atoms with Gasteiger partial charge in [-0.25, -0.2) is 0 Å². The third-order valence-corrected chi connectivity index (χ3v) is 3.41. The zero-order valence-corrected chi connectivity index (χ0v) is 11.2. The van der Waals surface area contributed by atoms with Crippen molar-refractivity contribution in [1.29, 1.82) is 0 Å². The van der Waals surface area contributed by atoms with E-state index in [0.717, 1.165) is 11.9 Å². The van der Waals surface area contributed by atoms with Crippen molar-refractivity contribution >= 4 is 15.9 Å². The Morgan fingerprint density at radius 1 is 1.19 bits per heavy atom. The molecule has 84 valence electrons. The summed E-state index contributed by atoms with van der Waals surface area (Å²) in [5.74, 6) is 0. The number of nitrogens with zero attached hydrogens (tertiary/aromatic N) is 2. The van der Waals surface area contributed by atoms with Crippen LogP contribution in [0.25, 0.3) is 0 Å². The van der Waals surface area contributed by atoms with Crippen molar-refractivity contribution in [3.05, 3.63) is 52.8 Å². The van der Waals surface area contributed by atoms with E-state index in [1.165, 1.54) is 22.4 Å². The third-order valence-electron chi connectivity index (χ3n) is 2.80. The SMILES string of the molecule is Cc1ccc(Cn2ncc(CBr)c2C)cc1. The van der Waals surface area contributed by atoms with Crippen LogP contribution in [0.5, 0.6) is 0 Å². The lowest BCUT2D eigenvalue weighted by Gasteiger charge is -2.05. The summed E-state index contributed by atoms with van der Waals surface area (Å²) >= 11 is 3.46. The summed E-state index contributed by atoms with van der Waals surface area (Å²) < 4.78 is 2.04. The molecule has 0 N–H and O–H groups in total. The van der Waals surface area contributed by atoms with Gasteiger partial charge in [0.05, 0.1) is 12.7 Å². The van der Waals surface area contributed by atoms with Gasteiger partial charge < -0.3 is 0 Å². The van der Waals surface area contributed by atoms with Crippen LogP contribution >= 0.6 is 15.9 Å². The minimum Gasteiger partial charge on any atom is -0.265 e. The van der Waals surface area contributed by atoms with E-state index in [0.29, 0.717) is 0 Å². The molecule has 3 heteroatoms. The first kappa shape index (κ1) is 11.4. The summed E-state index contributed by atoms with van der Waals surface area (Å²) in [6.07, 6.45) is 1.93. The second kappa shape index (κ2) is 4.83. The molecule has 0 spiro atoms. The van der Waals surface area contributed by atoms with Gasteiger partial charge in [0.2, 0.25) is 0 Å². The molecule has 0 bridgehead atoms. The molecule has 0 atom stereocenters. The van der Waals surface area contributed by atoms with Crippen molar-refractivity contribution in [3.8, 4) is 0 Å². The highest BCUT2D eigenvalue weighted by molar-refractivity contribution is 9.08. The molecule has 16 heavy (non-hydrogen) atoms. The van der Waals surface area contributed by atoms with Gasteiger partial charge in [-0.2, -0.15) is 5.10 Å². The summed E-state index contributed by atoms with van der Waals surface area (Å²) in [5, 5.41) is 5.26. The van der Waals surface area contributed by atoms with Gasteiger partial charge in [0.1, 0.15) is 0 Å². The highest BCUT2D eigenvalue weighted by Gasteiger charge is 2.05. The smallest absolute Gasteiger partial charge is 0.0662 e. The number of hydrogen-bond donors (Lipinski definition) is 0. The van der Waals surface area contributed by atoms with Crippen LogP contribution in [-0.2, 0) is 11.9 Å². The lowest BCUT2D eigenvalue weighted by molar-refractivity contribution is 0.664. The highest BCUT2D eigenvalue weighted by atomic mass is 79.9. The van der Waals surface area contributed by atoms with Crippen LogP contribution in [-0.4, -0.2) is 9.78 Å². The first-order chi connectivity index (χ1) is 7.70. The molecule has 0 saturated heterocycles. The Kier molecular flexibility index (Phi) is 3.44. The first-order valence-corrected chi connectivity index (χ1v) is 6.45. The van der Waals surface area contributed by atoms with E-state index in [1.807, 2.05) is 10.9 Å². The van der Waals surface area contributed by atoms with Gasteiger partial charge in [0, 0.05) is 16.6 Å². The standard InChI is InChI=1S/C13H15BrN2/c1-10-3-5-12(6-4-10)9-16-11(2)13(7-14)8-15-16/h3-6,8H,7,9H2,1-2H3. The molecule has 2 rings (SSSR count). The number of rotatable bonds is 3. The molecule has 1 heterocycles. The van der Waals surface area contributed by atoms with Crippen molar-refractivity contribution in [1.82, 2.24) is 9.78 Å². The minimum absolute atomic E-state index is 0.846. The molecule has 0 saturated carbocycles. The Hall–Kier alpha value is -1.09. The van der Waals surface area contributed by atoms with Crippen LogP contribution in [0.4, 0.5) is 0 Å². The molecule has 0 aliphatic heterocycles. The Balaban J connectivity index is 2.20. The Labute approximate surface area is 104 Å². The van der Waals surface area contributed by atoms with Crippen molar-refractivity contribution < 1.29 is 0 Å². The Morgan fingerprint density at radius 3 is 2.44 bits per heavy atom. The summed E-state index contributed by atoms with van der Waals surface area (Å²) in [6.45, 7) is 5.06. The lowest BCUT2D eigenvalue weighted by Crippen LogP contribution is -2.03. The van der Waals surface area contributed by atoms with Gasteiger partial charge in [-0.3, -0.25) is 4.68 Å². The normalized spacial score (nSPS) is 10.7. The number of halogens is 1. The Morgan fingerprint density at radius 2 is 1.88 bits per heavy atom. The van der Waals surface area contributed by atoms with E-state index < -0.39 is 0 Å². The number of aryl methyl sites for hydroxylation is 1. The fourth-order valence-electron chi connectivity index (χ4n) is 1.64. The molecular formula is C13H15BrN2. The van der Waals surface area contributed by atoms with Gasteiger partial charge >= 0.3 is 0 Å². The quantitative estimate of drug-likeness (QED) is 0.787. The average Bonchev–Trinajstić information content (AvgIpc) is 2.63. The van der Waals surface area contributed by atoms with Crippen LogP contribution in [0.3, 0.4) is 0 Å². The van der Waals surface area contributed by atoms with E-state index in [9.17, 15) is 0 Å². The van der Waals surface area contributed by atoms with Crippen molar-refractivity contribution in [3.63, 3.8) is 0 Å². The van der Waals surface area contributed by atoms with Gasteiger partial charge in [0.15, 0.2) is 0 Å². The Bertz CT molecular complexity index is 471. The molecule has 0 unspecified atom stereocenters. The molecule has 0 aliphatic carbocycles. The average molecular weight is 279 g/mol. The van der Waals surface area contributed by atoms with Crippen LogP contribution in [0, 0.1) is 13.8 Å². The van der Waals surface area contributed by atoms with Gasteiger partial charge in [-0.05, 0) is 19.4 Å². The summed E-state index contributed by atoms with van der Waals surface area (Å²) in [5.41, 5.74) is 5.07. The molecule has 0 radical (unpaired) electrons. The molecule has 1 aromatic carbocycles. The highest BCUT2D eigenvalue weighted by Crippen LogP contribution is 2.13. The van der Waals surface area contributed by atoms with Crippen LogP contribution in [0.15, 0.2) is 30.5 Å². The summed E-state index contributed by atoms with van der Waals surface area (Å²) in [7, 11) is 0. The number of benzene rings is 1. The number of hydrogen-bond acceptors (Lipinski definition) is 1. The van der Waals surface area contributed by atoms with Crippen molar-refractivity contribution in [2.45, 2.75) is 25.7 Å². The molecule has 1 aromatic heterocycles. The largest absolute Gasteiger partial charge is 0.265 e. The fraction of sp³-hybridized carbons (Fsp3) is 0.308. The van der Waals surface area contributed by atoms with Gasteiger partial charge in [0.25, 0.3) is 0 Å². The lowest BCUT2D eigenvalue weighted by atomic mass is 10.1. The first-order valence-electron chi connectivity index (χ1n) is 5.33. The topological polar surface area (TPSA) is 17.8 Å². The van der Waals surface area contributed by atoms with E-state index in [4.69, 9.17) is 0 Å². The maximum atomic E-state index is 4.39. The van der Waals surface area contributed by atoms with E-state index >= 15 is 0 Å². The molecule has 2 aromatic rings. The molecule has 2 nitrogen and oxygen atoms in total. The van der Waals surface area contributed by atoms with Gasteiger partial charge in [-0.15, -0.1) is 0 Å². The second-order valence-electron chi connectivity index (χ2n) is 4.03. The van der Waals surface area contributed by atoms with Crippen LogP contribution in [0.1, 0.15) is 22.4 Å². The van der Waals surface area contributed by atoms with Gasteiger partial charge in [-0.1, -0.05) is 45.8 Å². The zero-order valence-electron chi connectivity index (χ0n) is 9.57. The van der Waals surface area contributed by atoms with Crippen molar-refractivity contribution in [2.24, 2.45) is 0 Å². The summed E-state index contributed by atoms with van der Waals surface area (Å²) in [4.78, 5) is 0. The minimum atomic E-state index is 0.846. The summed E-state index contributed by atoms with van der Waals surface area (Å²) in [6, 6.07) is 8.59. The van der Waals surface area contributed by atoms with E-state index in [1.54, 1.807) is 0 Å². The van der Waals surface area contributed by atoms with E-state index in [2.05, 4.69) is 59.1 Å². The molecule has 0 amide bonds. The predicted octanol–water partition coefficient (Wildman–Crippen LogP) is 3.44. The maximum Gasteiger partial charge on any atom is 0.0662 e. The predicted molar refractivity (Wildman–Crippen MR) is 69.9 cm³/mol. The maximum absolute atomic E-state index is 4.39. The van der Waals surface area contributed by atoms with Crippen LogP contribution < -0.4 is 0 Å². The third kappa shape index (κ3) is 2.35. The monoisotopic (exact) mass is 278 g/mol. The number of aromatic nitrogens is 2. The van der Waals surface area contributed by atoms with E-state index in [-0.39, 0.29) is 0 Å². The molecule has 0 aliphatic rings. The zero-order chi connectivity index (χ0) is 11.5.